The molecule has 4 aromatic rings. The Morgan fingerprint density at radius 3 is 2.55 bits per heavy atom. The average Bonchev–Trinajstić information content (AvgIpc) is 3.11. The molecule has 2 aromatic carbocycles. The van der Waals surface area contributed by atoms with Crippen molar-refractivity contribution in [1.82, 2.24) is 19.1 Å². The molecule has 2 heterocycles. The first-order valence-electron chi connectivity index (χ1n) is 8.88. The molecule has 0 amide bonds. The number of aromatic nitrogens is 3. The summed E-state index contributed by atoms with van der Waals surface area (Å²) in [5, 5.41) is 5.33. The lowest BCUT2D eigenvalue weighted by atomic mass is 10.2. The molecule has 2 aromatic heterocycles. The van der Waals surface area contributed by atoms with Crippen LogP contribution in [0.5, 0.6) is 5.75 Å². The van der Waals surface area contributed by atoms with Gasteiger partial charge in [0.1, 0.15) is 11.3 Å². The maximum Gasteiger partial charge on any atom is 0.259 e. The third-order valence-corrected chi connectivity index (χ3v) is 6.64. The van der Waals surface area contributed by atoms with E-state index < -0.39 is 10.0 Å². The van der Waals surface area contributed by atoms with Crippen molar-refractivity contribution in [3.05, 3.63) is 64.6 Å². The minimum atomic E-state index is -3.74. The standard InChI is InChI=1S/C20H20N4O4S/c1-23-12-17-19(22-23)16-10-15(8-9-18(16)21-20(17)25)29(26,27)24(2)11-13-4-6-14(28-3)7-5-13/h4-10,12H,11H2,1-3H3,(H,21,25). The quantitative estimate of drug-likeness (QED) is 0.542. The second-order valence-corrected chi connectivity index (χ2v) is 8.88. The van der Waals surface area contributed by atoms with Gasteiger partial charge in [0.15, 0.2) is 0 Å². The summed E-state index contributed by atoms with van der Waals surface area (Å²) < 4.78 is 34.2. The van der Waals surface area contributed by atoms with E-state index in [1.807, 2.05) is 12.1 Å². The van der Waals surface area contributed by atoms with E-state index in [2.05, 4.69) is 10.1 Å². The summed E-state index contributed by atoms with van der Waals surface area (Å²) in [5.41, 5.74) is 1.60. The van der Waals surface area contributed by atoms with Crippen molar-refractivity contribution in [2.45, 2.75) is 11.4 Å². The molecule has 0 aliphatic heterocycles. The van der Waals surface area contributed by atoms with Crippen molar-refractivity contribution in [3.8, 4) is 5.75 Å². The Labute approximate surface area is 167 Å². The van der Waals surface area contributed by atoms with E-state index in [1.54, 1.807) is 44.6 Å². The fourth-order valence-corrected chi connectivity index (χ4v) is 4.47. The molecule has 29 heavy (non-hydrogen) atoms. The van der Waals surface area contributed by atoms with Crippen LogP contribution in [0.25, 0.3) is 21.8 Å². The Hall–Kier alpha value is -3.17. The summed E-state index contributed by atoms with van der Waals surface area (Å²) in [5.74, 6) is 0.710. The summed E-state index contributed by atoms with van der Waals surface area (Å²) in [6, 6.07) is 11.9. The highest BCUT2D eigenvalue weighted by molar-refractivity contribution is 7.89. The molecular weight excluding hydrogens is 392 g/mol. The minimum Gasteiger partial charge on any atom is -0.497 e. The molecule has 1 N–H and O–H groups in total. The number of aromatic amines is 1. The van der Waals surface area contributed by atoms with Gasteiger partial charge in [-0.3, -0.25) is 9.48 Å². The summed E-state index contributed by atoms with van der Waals surface area (Å²) >= 11 is 0. The molecule has 9 heteroatoms. The number of nitrogens with zero attached hydrogens (tertiary/aromatic N) is 3. The van der Waals surface area contributed by atoms with Crippen LogP contribution in [0, 0.1) is 0 Å². The number of rotatable bonds is 5. The number of aryl methyl sites for hydroxylation is 1. The van der Waals surface area contributed by atoms with Gasteiger partial charge in [-0.05, 0) is 35.9 Å². The SMILES string of the molecule is COc1ccc(CN(C)S(=O)(=O)c2ccc3[nH]c(=O)c4cn(C)nc4c3c2)cc1. The number of pyridine rings is 1. The molecule has 0 radical (unpaired) electrons. The lowest BCUT2D eigenvalue weighted by molar-refractivity contribution is 0.414. The van der Waals surface area contributed by atoms with Gasteiger partial charge >= 0.3 is 0 Å². The van der Waals surface area contributed by atoms with Gasteiger partial charge < -0.3 is 9.72 Å². The Morgan fingerprint density at radius 2 is 1.86 bits per heavy atom. The number of H-pyrrole nitrogens is 1. The predicted molar refractivity (Wildman–Crippen MR) is 110 cm³/mol. The molecule has 0 fully saturated rings. The summed E-state index contributed by atoms with van der Waals surface area (Å²) in [7, 11) is 1.09. The third kappa shape index (κ3) is 3.39. The second kappa shape index (κ2) is 7.02. The Bertz CT molecular complexity index is 1370. The van der Waals surface area contributed by atoms with Gasteiger partial charge in [-0.25, -0.2) is 8.42 Å². The molecule has 0 spiro atoms. The third-order valence-electron chi connectivity index (χ3n) is 4.84. The molecule has 0 aliphatic carbocycles. The largest absolute Gasteiger partial charge is 0.497 e. The first-order chi connectivity index (χ1) is 13.8. The first kappa shape index (κ1) is 19.2. The zero-order valence-corrected chi connectivity index (χ0v) is 17.0. The van der Waals surface area contributed by atoms with E-state index in [0.29, 0.717) is 27.6 Å². The number of methoxy groups -OCH3 is 1. The highest BCUT2D eigenvalue weighted by Crippen LogP contribution is 2.25. The van der Waals surface area contributed by atoms with Crippen LogP contribution < -0.4 is 10.3 Å². The van der Waals surface area contributed by atoms with Gasteiger partial charge in [-0.15, -0.1) is 0 Å². The van der Waals surface area contributed by atoms with Gasteiger partial charge in [-0.1, -0.05) is 12.1 Å². The van der Waals surface area contributed by atoms with Crippen LogP contribution in [-0.4, -0.2) is 41.6 Å². The van der Waals surface area contributed by atoms with Crippen LogP contribution >= 0.6 is 0 Å². The number of benzene rings is 2. The lowest BCUT2D eigenvalue weighted by Gasteiger charge is -2.18. The van der Waals surface area contributed by atoms with Gasteiger partial charge in [0, 0.05) is 32.2 Å². The van der Waals surface area contributed by atoms with Crippen LogP contribution in [0.2, 0.25) is 0 Å². The molecule has 0 saturated carbocycles. The number of hydrogen-bond donors (Lipinski definition) is 1. The fraction of sp³-hybridized carbons (Fsp3) is 0.200. The van der Waals surface area contributed by atoms with Gasteiger partial charge in [0.25, 0.3) is 5.56 Å². The average molecular weight is 412 g/mol. The highest BCUT2D eigenvalue weighted by atomic mass is 32.2. The molecule has 0 bridgehead atoms. The van der Waals surface area contributed by atoms with Crippen LogP contribution in [-0.2, 0) is 23.6 Å². The van der Waals surface area contributed by atoms with Gasteiger partial charge in [0.05, 0.1) is 22.9 Å². The maximum atomic E-state index is 13.1. The van der Waals surface area contributed by atoms with Crippen molar-refractivity contribution in [3.63, 3.8) is 0 Å². The van der Waals surface area contributed by atoms with E-state index in [9.17, 15) is 13.2 Å². The number of hydrogen-bond acceptors (Lipinski definition) is 5. The smallest absolute Gasteiger partial charge is 0.259 e. The molecule has 0 unspecified atom stereocenters. The Morgan fingerprint density at radius 1 is 1.14 bits per heavy atom. The fourth-order valence-electron chi connectivity index (χ4n) is 3.28. The van der Waals surface area contributed by atoms with Crippen LogP contribution in [0.4, 0.5) is 0 Å². The Balaban J connectivity index is 1.74. The topological polar surface area (TPSA) is 97.3 Å². The summed E-state index contributed by atoms with van der Waals surface area (Å²) in [4.78, 5) is 15.1. The number of fused-ring (bicyclic) bond motifs is 3. The Kier molecular flexibility index (Phi) is 4.64. The van der Waals surface area contributed by atoms with Gasteiger partial charge in [0.2, 0.25) is 10.0 Å². The summed E-state index contributed by atoms with van der Waals surface area (Å²) in [6.07, 6.45) is 1.62. The molecule has 8 nitrogen and oxygen atoms in total. The molecule has 0 aliphatic rings. The molecule has 150 valence electrons. The zero-order valence-electron chi connectivity index (χ0n) is 16.2. The first-order valence-corrected chi connectivity index (χ1v) is 10.3. The highest BCUT2D eigenvalue weighted by Gasteiger charge is 2.22. The second-order valence-electron chi connectivity index (χ2n) is 6.84. The monoisotopic (exact) mass is 412 g/mol. The van der Waals surface area contributed by atoms with Crippen LogP contribution in [0.1, 0.15) is 5.56 Å². The maximum absolute atomic E-state index is 13.1. The van der Waals surface area contributed by atoms with Crippen LogP contribution in [0.3, 0.4) is 0 Å². The number of nitrogens with one attached hydrogen (secondary N) is 1. The molecular formula is C20H20N4O4S. The van der Waals surface area contributed by atoms with Crippen molar-refractivity contribution in [2.75, 3.05) is 14.2 Å². The summed E-state index contributed by atoms with van der Waals surface area (Å²) in [6.45, 7) is 0.217. The normalized spacial score (nSPS) is 12.1. The van der Waals surface area contributed by atoms with Crippen molar-refractivity contribution in [1.29, 1.82) is 0 Å². The van der Waals surface area contributed by atoms with Crippen molar-refractivity contribution < 1.29 is 13.2 Å². The zero-order chi connectivity index (χ0) is 20.8. The van der Waals surface area contributed by atoms with E-state index in [-0.39, 0.29) is 17.0 Å². The van der Waals surface area contributed by atoms with Crippen LogP contribution in [0.15, 0.2) is 58.4 Å². The van der Waals surface area contributed by atoms with Crippen molar-refractivity contribution in [2.24, 2.45) is 7.05 Å². The van der Waals surface area contributed by atoms with E-state index in [0.717, 1.165) is 5.56 Å². The minimum absolute atomic E-state index is 0.139. The molecule has 0 atom stereocenters. The number of ether oxygens (including phenoxy) is 1. The lowest BCUT2D eigenvalue weighted by Crippen LogP contribution is -2.26. The van der Waals surface area contributed by atoms with E-state index >= 15 is 0 Å². The molecule has 4 rings (SSSR count). The predicted octanol–water partition coefficient (Wildman–Crippen LogP) is 2.24. The van der Waals surface area contributed by atoms with Gasteiger partial charge in [-0.2, -0.15) is 9.40 Å². The van der Waals surface area contributed by atoms with Crippen molar-refractivity contribution >= 4 is 31.8 Å². The van der Waals surface area contributed by atoms with E-state index in [1.165, 1.54) is 22.1 Å². The number of sulfonamides is 1. The molecule has 0 saturated heterocycles. The van der Waals surface area contributed by atoms with E-state index in [4.69, 9.17) is 4.74 Å².